The summed E-state index contributed by atoms with van der Waals surface area (Å²) in [5.41, 5.74) is 8.95. The van der Waals surface area contributed by atoms with Crippen LogP contribution in [0.4, 0.5) is 16.2 Å². The lowest BCUT2D eigenvalue weighted by atomic mass is 10.00. The first kappa shape index (κ1) is 28.5. The summed E-state index contributed by atoms with van der Waals surface area (Å²) >= 11 is 0. The summed E-state index contributed by atoms with van der Waals surface area (Å²) < 4.78 is 20.9. The molecule has 0 bridgehead atoms. The summed E-state index contributed by atoms with van der Waals surface area (Å²) in [6.07, 6.45) is 3.96. The molecule has 0 unspecified atom stereocenters. The number of fused-ring (bicyclic) bond motifs is 2. The summed E-state index contributed by atoms with van der Waals surface area (Å²) in [5, 5.41) is 7.99. The van der Waals surface area contributed by atoms with Gasteiger partial charge in [-0.1, -0.05) is 24.3 Å². The molecule has 2 aromatic carbocycles. The third-order valence-electron chi connectivity index (χ3n) is 8.31. The van der Waals surface area contributed by atoms with Crippen LogP contribution in [0.1, 0.15) is 39.8 Å². The van der Waals surface area contributed by atoms with Crippen LogP contribution in [-0.2, 0) is 24.1 Å². The Hall–Kier alpha value is -5.30. The first-order valence-electron chi connectivity index (χ1n) is 14.7. The van der Waals surface area contributed by atoms with Crippen molar-refractivity contribution < 1.29 is 13.9 Å². The lowest BCUT2D eigenvalue weighted by Crippen LogP contribution is -2.46. The van der Waals surface area contributed by atoms with E-state index in [9.17, 15) is 9.59 Å². The minimum Gasteiger partial charge on any atom is -0.377 e. The largest absolute Gasteiger partial charge is 0.377 e. The number of amides is 1. The molecule has 2 aliphatic heterocycles. The number of morpholine rings is 1. The number of aromatic amines is 1. The molecule has 3 N–H and O–H groups in total. The van der Waals surface area contributed by atoms with Gasteiger partial charge < -0.3 is 20.3 Å². The fourth-order valence-corrected chi connectivity index (χ4v) is 5.96. The standard InChI is InChI=1S/C32H30FN9O3/c1-18-17-45-11-10-42(18)29-23-8-9-41(16-27(23)37-28(38-29)20-14-35-32(34)36-15-20)31(44)24-12-19(6-7-25(24)33)13-26-21-4-2-3-5-22(21)30(43)40-39-26/h2-7,12,14-15,18H,8-11,13,16-17H2,1H3,(H,40,43)(H2,34,35,36)/t18-/m0/s1. The lowest BCUT2D eigenvalue weighted by Gasteiger charge is -2.37. The normalized spacial score (nSPS) is 16.5. The van der Waals surface area contributed by atoms with Crippen molar-refractivity contribution in [2.75, 3.05) is 36.9 Å². The molecule has 0 aliphatic carbocycles. The molecule has 2 aliphatic rings. The Balaban J connectivity index is 1.21. The zero-order chi connectivity index (χ0) is 31.1. The van der Waals surface area contributed by atoms with Gasteiger partial charge in [0.05, 0.1) is 53.7 Å². The molecule has 228 valence electrons. The van der Waals surface area contributed by atoms with Crippen molar-refractivity contribution in [1.29, 1.82) is 0 Å². The molecular weight excluding hydrogens is 577 g/mol. The highest BCUT2D eigenvalue weighted by atomic mass is 19.1. The number of halogens is 1. The number of benzene rings is 2. The number of anilines is 2. The van der Waals surface area contributed by atoms with Crippen LogP contribution in [0.2, 0.25) is 0 Å². The number of carbonyl (C=O) groups excluding carboxylic acids is 1. The van der Waals surface area contributed by atoms with Gasteiger partial charge in [0.25, 0.3) is 11.5 Å². The molecule has 5 heterocycles. The number of hydrogen-bond donors (Lipinski definition) is 2. The quantitative estimate of drug-likeness (QED) is 0.305. The van der Waals surface area contributed by atoms with Gasteiger partial charge in [0.15, 0.2) is 5.82 Å². The zero-order valence-corrected chi connectivity index (χ0v) is 24.5. The van der Waals surface area contributed by atoms with Gasteiger partial charge in [-0.05, 0) is 37.1 Å². The molecule has 0 saturated carbocycles. The zero-order valence-electron chi connectivity index (χ0n) is 24.5. The predicted molar refractivity (Wildman–Crippen MR) is 165 cm³/mol. The van der Waals surface area contributed by atoms with Crippen molar-refractivity contribution in [1.82, 2.24) is 35.0 Å². The van der Waals surface area contributed by atoms with Gasteiger partial charge in [-0.3, -0.25) is 9.59 Å². The van der Waals surface area contributed by atoms with Crippen LogP contribution >= 0.6 is 0 Å². The van der Waals surface area contributed by atoms with Crippen LogP contribution in [0.25, 0.3) is 22.2 Å². The monoisotopic (exact) mass is 607 g/mol. The summed E-state index contributed by atoms with van der Waals surface area (Å²) in [4.78, 5) is 47.9. The number of hydrogen-bond acceptors (Lipinski definition) is 10. The van der Waals surface area contributed by atoms with E-state index < -0.39 is 11.7 Å². The molecule has 45 heavy (non-hydrogen) atoms. The van der Waals surface area contributed by atoms with Gasteiger partial charge >= 0.3 is 0 Å². The fourth-order valence-electron chi connectivity index (χ4n) is 5.96. The molecule has 3 aromatic heterocycles. The maximum absolute atomic E-state index is 15.2. The molecule has 1 fully saturated rings. The minimum absolute atomic E-state index is 0.0343. The minimum atomic E-state index is -0.612. The summed E-state index contributed by atoms with van der Waals surface area (Å²) in [6.45, 7) is 4.46. The molecule has 0 spiro atoms. The van der Waals surface area contributed by atoms with Crippen LogP contribution in [0.15, 0.2) is 59.7 Å². The van der Waals surface area contributed by atoms with E-state index >= 15 is 4.39 Å². The second-order valence-corrected chi connectivity index (χ2v) is 11.3. The molecule has 1 atom stereocenters. The van der Waals surface area contributed by atoms with Gasteiger partial charge in [-0.25, -0.2) is 29.4 Å². The van der Waals surface area contributed by atoms with Crippen LogP contribution in [-0.4, -0.2) is 73.3 Å². The number of nitrogens with two attached hydrogens (primary N) is 1. The van der Waals surface area contributed by atoms with Crippen molar-refractivity contribution in [3.8, 4) is 11.4 Å². The molecule has 13 heteroatoms. The smallest absolute Gasteiger partial charge is 0.272 e. The first-order valence-corrected chi connectivity index (χ1v) is 14.7. The molecular formula is C32H30FN9O3. The second kappa shape index (κ2) is 11.7. The molecule has 1 saturated heterocycles. The number of ether oxygens (including phenoxy) is 1. The molecule has 7 rings (SSSR count). The maximum Gasteiger partial charge on any atom is 0.272 e. The highest BCUT2D eigenvalue weighted by Gasteiger charge is 2.31. The molecule has 12 nitrogen and oxygen atoms in total. The Labute approximate surface area is 257 Å². The molecule has 1 amide bonds. The predicted octanol–water partition coefficient (Wildman–Crippen LogP) is 2.91. The van der Waals surface area contributed by atoms with E-state index in [0.29, 0.717) is 78.3 Å². The van der Waals surface area contributed by atoms with E-state index in [2.05, 4.69) is 32.0 Å². The van der Waals surface area contributed by atoms with E-state index in [1.165, 1.54) is 6.07 Å². The van der Waals surface area contributed by atoms with Crippen molar-refractivity contribution in [3.63, 3.8) is 0 Å². The average Bonchev–Trinajstić information content (AvgIpc) is 3.06. The van der Waals surface area contributed by atoms with Crippen LogP contribution in [0.3, 0.4) is 0 Å². The summed E-state index contributed by atoms with van der Waals surface area (Å²) in [5.74, 6) is 0.314. The third-order valence-corrected chi connectivity index (χ3v) is 8.31. The number of nitrogens with one attached hydrogen (secondary N) is 1. The van der Waals surface area contributed by atoms with Crippen molar-refractivity contribution >= 4 is 28.4 Å². The van der Waals surface area contributed by atoms with Gasteiger partial charge in [-0.15, -0.1) is 0 Å². The fraction of sp³-hybridized carbons (Fsp3) is 0.281. The summed E-state index contributed by atoms with van der Waals surface area (Å²) in [7, 11) is 0. The van der Waals surface area contributed by atoms with E-state index in [4.69, 9.17) is 20.4 Å². The number of carbonyl (C=O) groups is 1. The third kappa shape index (κ3) is 5.46. The number of H-pyrrole nitrogens is 1. The number of nitrogen functional groups attached to an aromatic ring is 1. The SMILES string of the molecule is C[C@H]1COCCN1c1nc(-c2cnc(N)nc2)nc2c1CCN(C(=O)c1cc(Cc3n[nH]c(=O)c4ccccc34)ccc1F)C2. The first-order chi connectivity index (χ1) is 21.9. The Morgan fingerprint density at radius 2 is 1.91 bits per heavy atom. The summed E-state index contributed by atoms with van der Waals surface area (Å²) in [6, 6.07) is 11.8. The van der Waals surface area contributed by atoms with Gasteiger partial charge in [0.1, 0.15) is 11.6 Å². The number of rotatable bonds is 5. The second-order valence-electron chi connectivity index (χ2n) is 11.3. The van der Waals surface area contributed by atoms with Crippen molar-refractivity contribution in [3.05, 3.63) is 99.1 Å². The van der Waals surface area contributed by atoms with Crippen LogP contribution < -0.4 is 16.2 Å². The number of nitrogens with zero attached hydrogens (tertiary/aromatic N) is 7. The highest BCUT2D eigenvalue weighted by molar-refractivity contribution is 5.95. The number of aromatic nitrogens is 6. The Morgan fingerprint density at radius 3 is 2.71 bits per heavy atom. The van der Waals surface area contributed by atoms with Gasteiger partial charge in [0.2, 0.25) is 5.95 Å². The van der Waals surface area contributed by atoms with Crippen molar-refractivity contribution in [2.24, 2.45) is 0 Å². The topological polar surface area (TPSA) is 156 Å². The molecule has 0 radical (unpaired) electrons. The molecule has 5 aromatic rings. The Kier molecular flexibility index (Phi) is 7.37. The van der Waals surface area contributed by atoms with E-state index in [1.54, 1.807) is 41.6 Å². The Bertz CT molecular complexity index is 1980. The Morgan fingerprint density at radius 1 is 1.11 bits per heavy atom. The highest BCUT2D eigenvalue weighted by Crippen LogP contribution is 2.32. The van der Waals surface area contributed by atoms with Crippen LogP contribution in [0, 0.1) is 5.82 Å². The van der Waals surface area contributed by atoms with E-state index in [0.717, 1.165) is 11.4 Å². The maximum atomic E-state index is 15.2. The average molecular weight is 608 g/mol. The van der Waals surface area contributed by atoms with Crippen molar-refractivity contribution in [2.45, 2.75) is 32.4 Å². The lowest BCUT2D eigenvalue weighted by molar-refractivity contribution is 0.0726. The van der Waals surface area contributed by atoms with Gasteiger partial charge in [0, 0.05) is 42.9 Å². The van der Waals surface area contributed by atoms with Crippen LogP contribution in [0.5, 0.6) is 0 Å². The van der Waals surface area contributed by atoms with E-state index in [1.807, 2.05) is 12.1 Å². The van der Waals surface area contributed by atoms with E-state index in [-0.39, 0.29) is 29.7 Å². The van der Waals surface area contributed by atoms with Gasteiger partial charge in [-0.2, -0.15) is 5.10 Å².